The van der Waals surface area contributed by atoms with Gasteiger partial charge in [-0.15, -0.1) is 0 Å². The lowest BCUT2D eigenvalue weighted by Crippen LogP contribution is -2.59. The number of aromatic nitrogens is 3. The topological polar surface area (TPSA) is 14.8 Å². The first-order chi connectivity index (χ1) is 30.8. The lowest BCUT2D eigenvalue weighted by Gasteiger charge is -2.35. The van der Waals surface area contributed by atoms with Crippen LogP contribution in [0.25, 0.3) is 126 Å². The van der Waals surface area contributed by atoms with E-state index in [1.807, 2.05) is 0 Å². The molecule has 4 heteroatoms. The molecule has 2 aliphatic rings. The molecule has 0 amide bonds. The average Bonchev–Trinajstić information content (AvgIpc) is 3.99. The van der Waals surface area contributed by atoms with Crippen molar-refractivity contribution in [3.05, 3.63) is 194 Å². The van der Waals surface area contributed by atoms with Crippen LogP contribution in [0.15, 0.2) is 194 Å². The first kappa shape index (κ1) is 31.8. The van der Waals surface area contributed by atoms with Crippen molar-refractivity contribution in [3.8, 4) is 17.1 Å². The van der Waals surface area contributed by atoms with Crippen LogP contribution >= 0.6 is 0 Å². The van der Waals surface area contributed by atoms with Crippen molar-refractivity contribution in [1.82, 2.24) is 13.7 Å². The summed E-state index contributed by atoms with van der Waals surface area (Å²) in [5.41, 5.74) is 15.3. The van der Waals surface area contributed by atoms with Crippen molar-refractivity contribution in [1.29, 1.82) is 0 Å². The highest BCUT2D eigenvalue weighted by atomic mass is 15.1. The van der Waals surface area contributed by atoms with Crippen LogP contribution in [0.4, 0.5) is 0 Å². The monoisotopic (exact) mass is 781 g/mol. The maximum Gasteiger partial charge on any atom is 0.252 e. The van der Waals surface area contributed by atoms with Crippen LogP contribution in [-0.4, -0.2) is 20.4 Å². The molecule has 0 fully saturated rings. The van der Waals surface area contributed by atoms with Gasteiger partial charge in [0.1, 0.15) is 0 Å². The van der Waals surface area contributed by atoms with Crippen LogP contribution in [0.1, 0.15) is 0 Å². The fraction of sp³-hybridized carbons (Fsp3) is 0. The average molecular weight is 782 g/mol. The second kappa shape index (κ2) is 11.0. The van der Waals surface area contributed by atoms with E-state index in [0.29, 0.717) is 0 Å². The molecule has 2 aliphatic heterocycles. The Morgan fingerprint density at radius 1 is 0.290 bits per heavy atom. The quantitative estimate of drug-likeness (QED) is 0.147. The van der Waals surface area contributed by atoms with Crippen molar-refractivity contribution in [2.24, 2.45) is 0 Å². The minimum Gasteiger partial charge on any atom is -0.310 e. The third kappa shape index (κ3) is 3.62. The Kier molecular flexibility index (Phi) is 5.64. The van der Waals surface area contributed by atoms with Gasteiger partial charge < -0.3 is 13.7 Å². The molecule has 11 aromatic carbocycles. The third-order valence-corrected chi connectivity index (χ3v) is 14.7. The molecule has 0 bridgehead atoms. The van der Waals surface area contributed by atoms with Gasteiger partial charge in [-0.1, -0.05) is 158 Å². The van der Waals surface area contributed by atoms with Crippen LogP contribution in [0.5, 0.6) is 0 Å². The Morgan fingerprint density at radius 3 is 1.26 bits per heavy atom. The summed E-state index contributed by atoms with van der Waals surface area (Å²) in [7, 11) is 0. The second-order valence-electron chi connectivity index (χ2n) is 17.5. The number of rotatable bonds is 1. The van der Waals surface area contributed by atoms with Crippen molar-refractivity contribution in [2.45, 2.75) is 0 Å². The van der Waals surface area contributed by atoms with E-state index in [1.165, 1.54) is 142 Å². The highest BCUT2D eigenvalue weighted by Crippen LogP contribution is 2.47. The summed E-state index contributed by atoms with van der Waals surface area (Å²) in [5, 5.41) is 18.1. The molecule has 0 radical (unpaired) electrons. The summed E-state index contributed by atoms with van der Waals surface area (Å²) < 4.78 is 7.86. The van der Waals surface area contributed by atoms with E-state index in [2.05, 4.69) is 208 Å². The maximum atomic E-state index is 2.68. The van der Waals surface area contributed by atoms with E-state index in [1.54, 1.807) is 0 Å². The van der Waals surface area contributed by atoms with Gasteiger partial charge in [0.2, 0.25) is 0 Å². The second-order valence-corrected chi connectivity index (χ2v) is 17.5. The summed E-state index contributed by atoms with van der Waals surface area (Å²) in [6.07, 6.45) is 0. The summed E-state index contributed by atoms with van der Waals surface area (Å²) in [5.74, 6) is 0. The SMILES string of the molecule is c1ccc2c(c1)ccc1c2c2c3ccccc3cc3c2n1-c1ccc(-n2c4ccccc4c4ccccc42)c2c1B3c1cc3ccccc3c3c4c5ccccc5ccc4n-2c13. The molecule has 0 spiro atoms. The molecule has 3 aromatic heterocycles. The predicted octanol–water partition coefficient (Wildman–Crippen LogP) is 12.7. The van der Waals surface area contributed by atoms with Crippen LogP contribution in [0.2, 0.25) is 0 Å². The highest BCUT2D eigenvalue weighted by molar-refractivity contribution is 7.00. The molecule has 0 unspecified atom stereocenters. The summed E-state index contributed by atoms with van der Waals surface area (Å²) in [6.45, 7) is -0.0293. The molecule has 5 heterocycles. The smallest absolute Gasteiger partial charge is 0.252 e. The number of nitrogens with zero attached hydrogens (tertiary/aromatic N) is 3. The Hall–Kier alpha value is -8.08. The summed E-state index contributed by atoms with van der Waals surface area (Å²) in [4.78, 5) is 0. The molecular formula is C58H32BN3. The molecule has 282 valence electrons. The number of hydrogen-bond acceptors (Lipinski definition) is 0. The molecule has 0 atom stereocenters. The van der Waals surface area contributed by atoms with E-state index < -0.39 is 0 Å². The zero-order valence-electron chi connectivity index (χ0n) is 33.4. The van der Waals surface area contributed by atoms with E-state index >= 15 is 0 Å². The number of fused-ring (bicyclic) bond motifs is 21. The molecule has 16 rings (SSSR count). The molecule has 0 saturated carbocycles. The van der Waals surface area contributed by atoms with Crippen LogP contribution < -0.4 is 16.4 Å². The van der Waals surface area contributed by atoms with Gasteiger partial charge in [-0.05, 0) is 95.9 Å². The molecule has 0 saturated heterocycles. The van der Waals surface area contributed by atoms with Gasteiger partial charge >= 0.3 is 0 Å². The zero-order valence-corrected chi connectivity index (χ0v) is 33.4. The predicted molar refractivity (Wildman–Crippen MR) is 264 cm³/mol. The number of para-hydroxylation sites is 2. The minimum atomic E-state index is -0.0293. The van der Waals surface area contributed by atoms with Gasteiger partial charge in [0, 0.05) is 38.0 Å². The maximum absolute atomic E-state index is 2.68. The largest absolute Gasteiger partial charge is 0.310 e. The molecule has 0 N–H and O–H groups in total. The first-order valence-electron chi connectivity index (χ1n) is 21.7. The van der Waals surface area contributed by atoms with Gasteiger partial charge in [0.15, 0.2) is 0 Å². The van der Waals surface area contributed by atoms with Crippen molar-refractivity contribution in [2.75, 3.05) is 0 Å². The molecule has 62 heavy (non-hydrogen) atoms. The standard InChI is InChI=1S/C58H32BN3/c1-5-17-37-33(13-1)25-27-47-51(37)53-39-19-7-3-15-35(39)31-43-56(53)61(47)49-29-30-50(60-45-23-11-9-21-41(45)42-22-10-12-24-46(42)60)58-55(49)59(43)44-32-36-16-4-8-20-40(36)54-52-38-18-6-2-14-34(38)26-28-48(52)62(58)57(44)54/h1-32H. The summed E-state index contributed by atoms with van der Waals surface area (Å²) >= 11 is 0. The van der Waals surface area contributed by atoms with Gasteiger partial charge in [0.05, 0.1) is 44.5 Å². The Balaban J connectivity index is 1.21. The Morgan fingerprint density at radius 2 is 0.710 bits per heavy atom. The molecule has 0 aliphatic carbocycles. The number of hydrogen-bond donors (Lipinski definition) is 0. The van der Waals surface area contributed by atoms with Gasteiger partial charge in [-0.25, -0.2) is 0 Å². The van der Waals surface area contributed by atoms with Gasteiger partial charge in [0.25, 0.3) is 6.71 Å². The highest BCUT2D eigenvalue weighted by Gasteiger charge is 2.43. The van der Waals surface area contributed by atoms with Gasteiger partial charge in [-0.3, -0.25) is 0 Å². The molecular weight excluding hydrogens is 749 g/mol. The summed E-state index contributed by atoms with van der Waals surface area (Å²) in [6, 6.07) is 73.4. The van der Waals surface area contributed by atoms with Crippen LogP contribution in [0, 0.1) is 0 Å². The first-order valence-corrected chi connectivity index (χ1v) is 21.7. The van der Waals surface area contributed by atoms with E-state index in [0.717, 1.165) is 0 Å². The minimum absolute atomic E-state index is 0.0293. The fourth-order valence-corrected chi connectivity index (χ4v) is 12.4. The van der Waals surface area contributed by atoms with Gasteiger partial charge in [-0.2, -0.15) is 0 Å². The normalized spacial score (nSPS) is 13.1. The number of benzene rings is 11. The molecule has 14 aromatic rings. The fourth-order valence-electron chi connectivity index (χ4n) is 12.4. The molecule has 3 nitrogen and oxygen atoms in total. The van der Waals surface area contributed by atoms with Crippen molar-refractivity contribution in [3.63, 3.8) is 0 Å². The third-order valence-electron chi connectivity index (χ3n) is 14.7. The lowest BCUT2D eigenvalue weighted by molar-refractivity contribution is 1.08. The lowest BCUT2D eigenvalue weighted by atomic mass is 9.34. The van der Waals surface area contributed by atoms with Crippen LogP contribution in [-0.2, 0) is 0 Å². The van der Waals surface area contributed by atoms with E-state index in [-0.39, 0.29) is 6.71 Å². The van der Waals surface area contributed by atoms with Crippen molar-refractivity contribution >= 4 is 132 Å². The van der Waals surface area contributed by atoms with E-state index in [4.69, 9.17) is 0 Å². The Labute approximate surface area is 354 Å². The van der Waals surface area contributed by atoms with Crippen molar-refractivity contribution < 1.29 is 0 Å². The van der Waals surface area contributed by atoms with E-state index in [9.17, 15) is 0 Å². The Bertz CT molecular complexity index is 4350. The van der Waals surface area contributed by atoms with Crippen LogP contribution in [0.3, 0.4) is 0 Å². The zero-order chi connectivity index (χ0) is 39.9.